The molecule has 3 rings (SSSR count). The molecule has 0 saturated carbocycles. The van der Waals surface area contributed by atoms with Gasteiger partial charge in [0.25, 0.3) is 11.5 Å². The topological polar surface area (TPSA) is 114 Å². The van der Waals surface area contributed by atoms with Gasteiger partial charge in [-0.05, 0) is 17.7 Å². The minimum absolute atomic E-state index is 0.0470. The summed E-state index contributed by atoms with van der Waals surface area (Å²) >= 11 is 1.35. The van der Waals surface area contributed by atoms with E-state index in [0.717, 1.165) is 5.56 Å². The first-order chi connectivity index (χ1) is 11.6. The SMILES string of the molecule is Nc1nc(SCc2ccccc2)[nH]c(=O)c1NC(=O)c1ccco1. The lowest BCUT2D eigenvalue weighted by Crippen LogP contribution is -2.22. The van der Waals surface area contributed by atoms with Crippen LogP contribution in [0.1, 0.15) is 16.1 Å². The quantitative estimate of drug-likeness (QED) is 0.485. The number of nitrogens with zero attached hydrogens (tertiary/aromatic N) is 1. The molecule has 2 heterocycles. The minimum Gasteiger partial charge on any atom is -0.459 e. The Hall–Kier alpha value is -3.00. The van der Waals surface area contributed by atoms with Crippen LogP contribution >= 0.6 is 11.8 Å². The van der Waals surface area contributed by atoms with Gasteiger partial charge in [0.15, 0.2) is 22.4 Å². The molecule has 1 aromatic carbocycles. The van der Waals surface area contributed by atoms with Gasteiger partial charge in [-0.15, -0.1) is 0 Å². The molecular formula is C16H14N4O3S. The van der Waals surface area contributed by atoms with Crippen molar-refractivity contribution < 1.29 is 9.21 Å². The first kappa shape index (κ1) is 15.9. The maximum atomic E-state index is 12.1. The lowest BCUT2D eigenvalue weighted by molar-refractivity contribution is 0.0996. The van der Waals surface area contributed by atoms with Crippen molar-refractivity contribution in [2.75, 3.05) is 11.1 Å². The van der Waals surface area contributed by atoms with E-state index in [1.165, 1.54) is 24.1 Å². The first-order valence-corrected chi connectivity index (χ1v) is 8.03. The normalized spacial score (nSPS) is 10.5. The average molecular weight is 342 g/mol. The molecule has 0 atom stereocenters. The van der Waals surface area contributed by atoms with Gasteiger partial charge in [-0.1, -0.05) is 42.1 Å². The van der Waals surface area contributed by atoms with E-state index < -0.39 is 11.5 Å². The largest absolute Gasteiger partial charge is 0.459 e. The smallest absolute Gasteiger partial charge is 0.291 e. The summed E-state index contributed by atoms with van der Waals surface area (Å²) in [6, 6.07) is 12.8. The van der Waals surface area contributed by atoms with Gasteiger partial charge >= 0.3 is 0 Å². The lowest BCUT2D eigenvalue weighted by Gasteiger charge is -2.07. The van der Waals surface area contributed by atoms with Crippen LogP contribution in [0.5, 0.6) is 0 Å². The number of furan rings is 1. The van der Waals surface area contributed by atoms with Gasteiger partial charge in [0.2, 0.25) is 0 Å². The minimum atomic E-state index is -0.566. The Labute approximate surface area is 141 Å². The molecule has 3 aromatic rings. The lowest BCUT2D eigenvalue weighted by atomic mass is 10.2. The fourth-order valence-corrected chi connectivity index (χ4v) is 2.79. The van der Waals surface area contributed by atoms with E-state index in [4.69, 9.17) is 10.2 Å². The summed E-state index contributed by atoms with van der Waals surface area (Å²) in [5, 5.41) is 2.80. The molecule has 0 unspecified atom stereocenters. The third kappa shape index (κ3) is 3.66. The Morgan fingerprint density at radius 2 is 2.04 bits per heavy atom. The molecule has 24 heavy (non-hydrogen) atoms. The molecule has 0 aliphatic heterocycles. The highest BCUT2D eigenvalue weighted by Gasteiger charge is 2.15. The van der Waals surface area contributed by atoms with Crippen LogP contribution in [-0.4, -0.2) is 15.9 Å². The molecule has 4 N–H and O–H groups in total. The van der Waals surface area contributed by atoms with Crippen LogP contribution in [0.3, 0.4) is 0 Å². The van der Waals surface area contributed by atoms with Crippen molar-refractivity contribution in [3.8, 4) is 0 Å². The van der Waals surface area contributed by atoms with Gasteiger partial charge in [0.1, 0.15) is 0 Å². The summed E-state index contributed by atoms with van der Waals surface area (Å²) in [7, 11) is 0. The van der Waals surface area contributed by atoms with Crippen LogP contribution < -0.4 is 16.6 Å². The zero-order valence-electron chi connectivity index (χ0n) is 12.5. The Kier molecular flexibility index (Phi) is 4.66. The molecule has 2 aromatic heterocycles. The molecule has 7 nitrogen and oxygen atoms in total. The highest BCUT2D eigenvalue weighted by atomic mass is 32.2. The summed E-state index contributed by atoms with van der Waals surface area (Å²) in [6.07, 6.45) is 1.37. The van der Waals surface area contributed by atoms with Crippen molar-refractivity contribution in [1.29, 1.82) is 0 Å². The number of thioether (sulfide) groups is 1. The van der Waals surface area contributed by atoms with Gasteiger partial charge < -0.3 is 15.5 Å². The van der Waals surface area contributed by atoms with E-state index in [0.29, 0.717) is 10.9 Å². The predicted octanol–water partition coefficient (Wildman–Crippen LogP) is 2.49. The van der Waals surface area contributed by atoms with Crippen molar-refractivity contribution in [3.63, 3.8) is 0 Å². The Morgan fingerprint density at radius 1 is 1.25 bits per heavy atom. The Morgan fingerprint density at radius 3 is 2.71 bits per heavy atom. The Bertz CT molecular complexity index is 891. The summed E-state index contributed by atoms with van der Waals surface area (Å²) in [5.41, 5.74) is 6.29. The van der Waals surface area contributed by atoms with E-state index >= 15 is 0 Å². The molecular weight excluding hydrogens is 328 g/mol. The number of amides is 1. The highest BCUT2D eigenvalue weighted by molar-refractivity contribution is 7.98. The summed E-state index contributed by atoms with van der Waals surface area (Å²) in [6.45, 7) is 0. The van der Waals surface area contributed by atoms with E-state index in [1.54, 1.807) is 6.07 Å². The summed E-state index contributed by atoms with van der Waals surface area (Å²) in [4.78, 5) is 30.8. The number of nitrogen functional groups attached to an aromatic ring is 1. The average Bonchev–Trinajstić information content (AvgIpc) is 3.12. The highest BCUT2D eigenvalue weighted by Crippen LogP contribution is 2.21. The second-order valence-electron chi connectivity index (χ2n) is 4.84. The van der Waals surface area contributed by atoms with Crippen LogP contribution in [0.15, 0.2) is 63.1 Å². The number of aromatic amines is 1. The van der Waals surface area contributed by atoms with Crippen molar-refractivity contribution in [1.82, 2.24) is 9.97 Å². The van der Waals surface area contributed by atoms with E-state index in [2.05, 4.69) is 15.3 Å². The maximum Gasteiger partial charge on any atom is 0.291 e. The number of nitrogens with one attached hydrogen (secondary N) is 2. The fraction of sp³-hybridized carbons (Fsp3) is 0.0625. The number of nitrogens with two attached hydrogens (primary N) is 1. The molecule has 0 aliphatic rings. The van der Waals surface area contributed by atoms with Crippen LogP contribution in [0.2, 0.25) is 0 Å². The molecule has 0 bridgehead atoms. The standard InChI is InChI=1S/C16H14N4O3S/c17-13-12(18-14(21)11-7-4-8-23-11)15(22)20-16(19-13)24-9-10-5-2-1-3-6-10/h1-8H,9H2,(H,18,21)(H3,17,19,20,22). The van der Waals surface area contributed by atoms with Crippen LogP contribution in [0.4, 0.5) is 11.5 Å². The number of hydrogen-bond donors (Lipinski definition) is 3. The van der Waals surface area contributed by atoms with Crippen LogP contribution in [0, 0.1) is 0 Å². The van der Waals surface area contributed by atoms with E-state index in [-0.39, 0.29) is 17.3 Å². The van der Waals surface area contributed by atoms with Crippen molar-refractivity contribution in [2.24, 2.45) is 0 Å². The van der Waals surface area contributed by atoms with Gasteiger partial charge in [0, 0.05) is 5.75 Å². The van der Waals surface area contributed by atoms with Crippen LogP contribution in [-0.2, 0) is 5.75 Å². The van der Waals surface area contributed by atoms with Crippen LogP contribution in [0.25, 0.3) is 0 Å². The number of carbonyl (C=O) groups is 1. The summed E-state index contributed by atoms with van der Waals surface area (Å²) in [5.74, 6) is 0.107. The number of anilines is 2. The zero-order chi connectivity index (χ0) is 16.9. The van der Waals surface area contributed by atoms with Crippen molar-refractivity contribution in [3.05, 3.63) is 70.4 Å². The molecule has 122 valence electrons. The molecule has 1 amide bonds. The van der Waals surface area contributed by atoms with E-state index in [1.807, 2.05) is 30.3 Å². The van der Waals surface area contributed by atoms with Crippen molar-refractivity contribution >= 4 is 29.2 Å². The van der Waals surface area contributed by atoms with Crippen molar-refractivity contribution in [2.45, 2.75) is 10.9 Å². The third-order valence-electron chi connectivity index (χ3n) is 3.13. The molecule has 8 heteroatoms. The van der Waals surface area contributed by atoms with Gasteiger partial charge in [-0.25, -0.2) is 4.98 Å². The zero-order valence-corrected chi connectivity index (χ0v) is 13.3. The third-order valence-corrected chi connectivity index (χ3v) is 4.07. The monoisotopic (exact) mass is 342 g/mol. The summed E-state index contributed by atoms with van der Waals surface area (Å²) < 4.78 is 4.97. The second-order valence-corrected chi connectivity index (χ2v) is 5.80. The number of aromatic nitrogens is 2. The predicted molar refractivity (Wildman–Crippen MR) is 91.9 cm³/mol. The number of hydrogen-bond acceptors (Lipinski definition) is 6. The molecule has 0 radical (unpaired) electrons. The second kappa shape index (κ2) is 7.05. The first-order valence-electron chi connectivity index (χ1n) is 7.05. The number of carbonyl (C=O) groups excluding carboxylic acids is 1. The number of benzene rings is 1. The maximum absolute atomic E-state index is 12.1. The Balaban J connectivity index is 1.74. The molecule has 0 fully saturated rings. The number of H-pyrrole nitrogens is 1. The molecule has 0 spiro atoms. The van der Waals surface area contributed by atoms with E-state index in [9.17, 15) is 9.59 Å². The van der Waals surface area contributed by atoms with Gasteiger partial charge in [0.05, 0.1) is 6.26 Å². The van der Waals surface area contributed by atoms with Gasteiger partial charge in [-0.2, -0.15) is 0 Å². The number of rotatable bonds is 5. The van der Waals surface area contributed by atoms with Gasteiger partial charge in [-0.3, -0.25) is 14.6 Å². The molecule has 0 saturated heterocycles. The fourth-order valence-electron chi connectivity index (χ4n) is 1.97. The molecule has 0 aliphatic carbocycles.